The van der Waals surface area contributed by atoms with Crippen molar-refractivity contribution in [1.29, 1.82) is 0 Å². The van der Waals surface area contributed by atoms with Crippen LogP contribution in [0.15, 0.2) is 72.9 Å². The number of aliphatic hydroxyl groups excluding tert-OH is 1. The van der Waals surface area contributed by atoms with Crippen molar-refractivity contribution in [3.8, 4) is 16.9 Å². The molecule has 1 atom stereocenters. The summed E-state index contributed by atoms with van der Waals surface area (Å²) in [5.41, 5.74) is 5.51. The SMILES string of the molecule is O=C(CCCOc1ccc(-c2ccc(CC(O)NCc3ccccc3)nc2)cc1)NO. The van der Waals surface area contributed by atoms with Crippen LogP contribution in [0.2, 0.25) is 0 Å². The van der Waals surface area contributed by atoms with Crippen molar-refractivity contribution in [3.63, 3.8) is 0 Å². The molecule has 0 spiro atoms. The average Bonchev–Trinajstić information content (AvgIpc) is 2.82. The van der Waals surface area contributed by atoms with Crippen molar-refractivity contribution in [2.45, 2.75) is 32.0 Å². The second-order valence-electron chi connectivity index (χ2n) is 7.14. The lowest BCUT2D eigenvalue weighted by atomic mass is 10.1. The molecule has 0 aliphatic carbocycles. The first kappa shape index (κ1) is 22.4. The van der Waals surface area contributed by atoms with Crippen LogP contribution in [0, 0.1) is 0 Å². The van der Waals surface area contributed by atoms with Crippen LogP contribution in [0.5, 0.6) is 5.75 Å². The largest absolute Gasteiger partial charge is 0.494 e. The number of nitrogens with zero attached hydrogens (tertiary/aromatic N) is 1. The highest BCUT2D eigenvalue weighted by Gasteiger charge is 2.07. The Kier molecular flexibility index (Phi) is 8.54. The molecule has 3 aromatic rings. The van der Waals surface area contributed by atoms with Crippen LogP contribution >= 0.6 is 0 Å². The van der Waals surface area contributed by atoms with Crippen LogP contribution in [0.4, 0.5) is 0 Å². The third kappa shape index (κ3) is 7.49. The zero-order valence-corrected chi connectivity index (χ0v) is 17.2. The topological polar surface area (TPSA) is 104 Å². The summed E-state index contributed by atoms with van der Waals surface area (Å²) in [5, 5.41) is 21.8. The minimum absolute atomic E-state index is 0.211. The highest BCUT2D eigenvalue weighted by molar-refractivity contribution is 5.74. The summed E-state index contributed by atoms with van der Waals surface area (Å²) in [7, 11) is 0. The van der Waals surface area contributed by atoms with Crippen molar-refractivity contribution in [1.82, 2.24) is 15.8 Å². The summed E-state index contributed by atoms with van der Waals surface area (Å²) in [6.45, 7) is 0.993. The van der Waals surface area contributed by atoms with Gasteiger partial charge in [0.25, 0.3) is 0 Å². The Balaban J connectivity index is 1.46. The zero-order valence-electron chi connectivity index (χ0n) is 17.2. The first-order chi connectivity index (χ1) is 15.1. The number of nitrogens with one attached hydrogen (secondary N) is 2. The molecule has 7 heteroatoms. The van der Waals surface area contributed by atoms with Crippen LogP contribution in [0.25, 0.3) is 11.1 Å². The standard InChI is InChI=1S/C24H27N3O4/c28-23(27-30)7-4-14-31-22-12-9-19(10-13-22)20-8-11-21(25-17-20)15-24(29)26-16-18-5-2-1-3-6-18/h1-3,5-6,8-13,17,24,26,29-30H,4,7,14-16H2,(H,27,28). The molecule has 0 saturated carbocycles. The maximum absolute atomic E-state index is 11.0. The van der Waals surface area contributed by atoms with Gasteiger partial charge in [-0.2, -0.15) is 0 Å². The number of rotatable bonds is 11. The summed E-state index contributed by atoms with van der Waals surface area (Å²) in [4.78, 5) is 15.4. The second-order valence-corrected chi connectivity index (χ2v) is 7.14. The maximum Gasteiger partial charge on any atom is 0.243 e. The van der Waals surface area contributed by atoms with Gasteiger partial charge in [0, 0.05) is 36.8 Å². The van der Waals surface area contributed by atoms with Crippen LogP contribution in [0.3, 0.4) is 0 Å². The molecule has 0 saturated heterocycles. The highest BCUT2D eigenvalue weighted by Crippen LogP contribution is 2.22. The maximum atomic E-state index is 11.0. The molecule has 0 aliphatic rings. The average molecular weight is 421 g/mol. The summed E-state index contributed by atoms with van der Waals surface area (Å²) < 4.78 is 5.60. The minimum Gasteiger partial charge on any atom is -0.494 e. The van der Waals surface area contributed by atoms with Gasteiger partial charge in [-0.05, 0) is 35.7 Å². The molecule has 0 bridgehead atoms. The van der Waals surface area contributed by atoms with Gasteiger partial charge < -0.3 is 9.84 Å². The predicted molar refractivity (Wildman–Crippen MR) is 117 cm³/mol. The number of hydroxylamine groups is 1. The van der Waals surface area contributed by atoms with Gasteiger partial charge in [0.1, 0.15) is 12.0 Å². The summed E-state index contributed by atoms with van der Waals surface area (Å²) in [6.07, 6.45) is 2.28. The molecule has 0 aliphatic heterocycles. The first-order valence-corrected chi connectivity index (χ1v) is 10.2. The van der Waals surface area contributed by atoms with E-state index in [9.17, 15) is 9.90 Å². The molecule has 31 heavy (non-hydrogen) atoms. The molecule has 1 amide bonds. The van der Waals surface area contributed by atoms with Crippen LogP contribution in [-0.4, -0.2) is 34.0 Å². The number of ether oxygens (including phenoxy) is 1. The monoisotopic (exact) mass is 421 g/mol. The zero-order chi connectivity index (χ0) is 21.9. The van der Waals surface area contributed by atoms with Crippen molar-refractivity contribution < 1.29 is 19.8 Å². The third-order valence-corrected chi connectivity index (χ3v) is 4.74. The van der Waals surface area contributed by atoms with Gasteiger partial charge >= 0.3 is 0 Å². The van der Waals surface area contributed by atoms with Crippen LogP contribution in [0.1, 0.15) is 24.1 Å². The fourth-order valence-corrected chi connectivity index (χ4v) is 3.04. The normalized spacial score (nSPS) is 11.7. The molecule has 1 unspecified atom stereocenters. The first-order valence-electron chi connectivity index (χ1n) is 10.2. The van der Waals surface area contributed by atoms with Gasteiger partial charge in [-0.25, -0.2) is 5.48 Å². The molecule has 1 heterocycles. The van der Waals surface area contributed by atoms with Crippen LogP contribution in [-0.2, 0) is 17.8 Å². The van der Waals surface area contributed by atoms with Gasteiger partial charge in [-0.15, -0.1) is 0 Å². The van der Waals surface area contributed by atoms with E-state index < -0.39 is 12.1 Å². The Hall–Kier alpha value is -3.26. The number of aliphatic hydroxyl groups is 1. The molecule has 0 radical (unpaired) electrons. The number of aromatic nitrogens is 1. The van der Waals surface area contributed by atoms with Crippen molar-refractivity contribution in [2.75, 3.05) is 6.61 Å². The Bertz CT molecular complexity index is 931. The molecule has 4 N–H and O–H groups in total. The molecule has 162 valence electrons. The molecule has 7 nitrogen and oxygen atoms in total. The fraction of sp³-hybridized carbons (Fsp3) is 0.250. The van der Waals surface area contributed by atoms with Crippen molar-refractivity contribution in [3.05, 3.63) is 84.2 Å². The molecule has 3 rings (SSSR count). The molecule has 0 fully saturated rings. The van der Waals surface area contributed by atoms with E-state index in [-0.39, 0.29) is 6.42 Å². The van der Waals surface area contributed by atoms with Gasteiger partial charge in [0.2, 0.25) is 5.91 Å². The molecule has 1 aromatic heterocycles. The Morgan fingerprint density at radius 3 is 2.42 bits per heavy atom. The third-order valence-electron chi connectivity index (χ3n) is 4.74. The van der Waals surface area contributed by atoms with Crippen molar-refractivity contribution in [2.24, 2.45) is 0 Å². The van der Waals surface area contributed by atoms with E-state index in [0.29, 0.717) is 31.7 Å². The number of pyridine rings is 1. The number of hydrogen-bond acceptors (Lipinski definition) is 6. The van der Waals surface area contributed by atoms with E-state index in [0.717, 1.165) is 22.4 Å². The number of amides is 1. The van der Waals surface area contributed by atoms with E-state index in [1.807, 2.05) is 66.7 Å². The lowest BCUT2D eigenvalue weighted by Gasteiger charge is -2.13. The summed E-state index contributed by atoms with van der Waals surface area (Å²) in [5.74, 6) is 0.291. The lowest BCUT2D eigenvalue weighted by molar-refractivity contribution is -0.129. The Labute approximate surface area is 181 Å². The minimum atomic E-state index is -0.668. The lowest BCUT2D eigenvalue weighted by Crippen LogP contribution is -2.30. The second kappa shape index (κ2) is 11.8. The predicted octanol–water partition coefficient (Wildman–Crippen LogP) is 3.06. The quantitative estimate of drug-likeness (QED) is 0.164. The summed E-state index contributed by atoms with van der Waals surface area (Å²) in [6, 6.07) is 21.5. The molecule has 2 aromatic carbocycles. The molecular formula is C24H27N3O4. The van der Waals surface area contributed by atoms with Gasteiger partial charge in [0.15, 0.2) is 0 Å². The van der Waals surface area contributed by atoms with Gasteiger partial charge in [0.05, 0.1) is 6.61 Å². The van der Waals surface area contributed by atoms with Gasteiger partial charge in [-0.3, -0.25) is 20.3 Å². The van der Waals surface area contributed by atoms with Crippen molar-refractivity contribution >= 4 is 5.91 Å². The van der Waals surface area contributed by atoms with E-state index in [2.05, 4.69) is 10.3 Å². The number of benzene rings is 2. The van der Waals surface area contributed by atoms with E-state index in [1.54, 1.807) is 11.7 Å². The van der Waals surface area contributed by atoms with E-state index >= 15 is 0 Å². The number of carbonyl (C=O) groups excluding carboxylic acids is 1. The van der Waals surface area contributed by atoms with Crippen LogP contribution < -0.4 is 15.5 Å². The number of hydrogen-bond donors (Lipinski definition) is 4. The van der Waals surface area contributed by atoms with E-state index in [1.165, 1.54) is 0 Å². The van der Waals surface area contributed by atoms with E-state index in [4.69, 9.17) is 9.94 Å². The Morgan fingerprint density at radius 2 is 1.74 bits per heavy atom. The van der Waals surface area contributed by atoms with Gasteiger partial charge in [-0.1, -0.05) is 48.5 Å². The molecular weight excluding hydrogens is 394 g/mol. The fourth-order valence-electron chi connectivity index (χ4n) is 3.04. The highest BCUT2D eigenvalue weighted by atomic mass is 16.5. The summed E-state index contributed by atoms with van der Waals surface area (Å²) >= 11 is 0. The smallest absolute Gasteiger partial charge is 0.243 e. The number of carbonyl (C=O) groups is 1. The Morgan fingerprint density at radius 1 is 1.00 bits per heavy atom.